The minimum absolute atomic E-state index is 0.00194. The first kappa shape index (κ1) is 19.8. The molecule has 0 aromatic heterocycles. The van der Waals surface area contributed by atoms with E-state index in [4.69, 9.17) is 9.47 Å². The van der Waals surface area contributed by atoms with Gasteiger partial charge >= 0.3 is 6.09 Å². The fraction of sp³-hybridized carbons (Fsp3) is 0.789. The van der Waals surface area contributed by atoms with Gasteiger partial charge in [-0.25, -0.2) is 4.79 Å². The van der Waals surface area contributed by atoms with Crippen LogP contribution < -0.4 is 5.32 Å². The number of hydrogen-bond donors (Lipinski definition) is 1. The lowest BCUT2D eigenvalue weighted by atomic mass is 9.91. The highest BCUT2D eigenvalue weighted by molar-refractivity contribution is 5.87. The molecule has 25 heavy (non-hydrogen) atoms. The second kappa shape index (κ2) is 9.22. The van der Waals surface area contributed by atoms with Crippen LogP contribution in [-0.4, -0.2) is 54.3 Å². The molecule has 0 bridgehead atoms. The Kier molecular flexibility index (Phi) is 7.29. The summed E-state index contributed by atoms with van der Waals surface area (Å²) in [6.45, 7) is 9.46. The molecular formula is C19H32N2O4. The van der Waals surface area contributed by atoms with Gasteiger partial charge in [0.2, 0.25) is 5.91 Å². The van der Waals surface area contributed by atoms with Crippen molar-refractivity contribution in [2.45, 2.75) is 77.7 Å². The summed E-state index contributed by atoms with van der Waals surface area (Å²) in [5.41, 5.74) is 0. The van der Waals surface area contributed by atoms with E-state index in [2.05, 4.69) is 19.2 Å². The van der Waals surface area contributed by atoms with Crippen LogP contribution in [-0.2, 0) is 14.3 Å². The molecule has 142 valence electrons. The van der Waals surface area contributed by atoms with Crippen molar-refractivity contribution < 1.29 is 19.1 Å². The smallest absolute Gasteiger partial charge is 0.410 e. The maximum absolute atomic E-state index is 12.1. The number of carbonyl (C=O) groups is 2. The fourth-order valence-corrected chi connectivity index (χ4v) is 3.33. The molecule has 1 N–H and O–H groups in total. The van der Waals surface area contributed by atoms with E-state index >= 15 is 0 Å². The van der Waals surface area contributed by atoms with Crippen LogP contribution in [0.5, 0.6) is 0 Å². The molecule has 6 heteroatoms. The Balaban J connectivity index is 1.76. The van der Waals surface area contributed by atoms with E-state index in [1.165, 1.54) is 12.5 Å². The maximum atomic E-state index is 12.1. The summed E-state index contributed by atoms with van der Waals surface area (Å²) < 4.78 is 11.2. The molecule has 2 rings (SSSR count). The maximum Gasteiger partial charge on any atom is 0.410 e. The third-order valence-corrected chi connectivity index (χ3v) is 5.17. The van der Waals surface area contributed by atoms with Gasteiger partial charge in [-0.05, 0) is 58.4 Å². The molecule has 5 unspecified atom stereocenters. The van der Waals surface area contributed by atoms with Crippen molar-refractivity contribution in [2.75, 3.05) is 13.1 Å². The molecule has 2 aliphatic heterocycles. The van der Waals surface area contributed by atoms with Gasteiger partial charge in [0, 0.05) is 19.2 Å². The topological polar surface area (TPSA) is 67.9 Å². The SMILES string of the molecule is CC(C=CC(=O)NC1CC(C)C(C)OC1C)OC(=O)N1CCCCC1. The number of carbonyl (C=O) groups excluding carboxylic acids is 2. The van der Waals surface area contributed by atoms with Crippen molar-refractivity contribution >= 4 is 12.0 Å². The van der Waals surface area contributed by atoms with Gasteiger partial charge in [-0.3, -0.25) is 4.79 Å². The first-order valence-corrected chi connectivity index (χ1v) is 9.46. The summed E-state index contributed by atoms with van der Waals surface area (Å²) in [4.78, 5) is 25.9. The first-order chi connectivity index (χ1) is 11.9. The summed E-state index contributed by atoms with van der Waals surface area (Å²) in [6.07, 6.45) is 6.68. The predicted octanol–water partition coefficient (Wildman–Crippen LogP) is 2.87. The quantitative estimate of drug-likeness (QED) is 0.790. The predicted molar refractivity (Wildman–Crippen MR) is 96.2 cm³/mol. The first-order valence-electron chi connectivity index (χ1n) is 9.46. The molecular weight excluding hydrogens is 320 g/mol. The number of nitrogens with zero attached hydrogens (tertiary/aromatic N) is 1. The molecule has 2 fully saturated rings. The van der Waals surface area contributed by atoms with Crippen molar-refractivity contribution in [1.82, 2.24) is 10.2 Å². The van der Waals surface area contributed by atoms with Gasteiger partial charge in [-0.1, -0.05) is 6.92 Å². The Bertz CT molecular complexity index is 488. The van der Waals surface area contributed by atoms with Gasteiger partial charge in [0.05, 0.1) is 18.2 Å². The Morgan fingerprint density at radius 2 is 1.84 bits per heavy atom. The van der Waals surface area contributed by atoms with Crippen molar-refractivity contribution in [2.24, 2.45) is 5.92 Å². The molecule has 2 aliphatic rings. The number of ether oxygens (including phenoxy) is 2. The van der Waals surface area contributed by atoms with Gasteiger partial charge in [-0.15, -0.1) is 0 Å². The third kappa shape index (κ3) is 6.03. The van der Waals surface area contributed by atoms with Crippen LogP contribution in [0.3, 0.4) is 0 Å². The minimum atomic E-state index is -0.431. The van der Waals surface area contributed by atoms with Crippen molar-refractivity contribution in [3.8, 4) is 0 Å². The van der Waals surface area contributed by atoms with E-state index in [0.717, 1.165) is 32.4 Å². The van der Waals surface area contributed by atoms with E-state index in [0.29, 0.717) is 5.92 Å². The Morgan fingerprint density at radius 1 is 1.16 bits per heavy atom. The van der Waals surface area contributed by atoms with Crippen LogP contribution in [0.15, 0.2) is 12.2 Å². The summed E-state index contributed by atoms with van der Waals surface area (Å²) >= 11 is 0. The molecule has 2 heterocycles. The van der Waals surface area contributed by atoms with Crippen LogP contribution >= 0.6 is 0 Å². The van der Waals surface area contributed by atoms with E-state index in [1.807, 2.05) is 6.92 Å². The number of piperidine rings is 1. The molecule has 0 saturated carbocycles. The average molecular weight is 352 g/mol. The zero-order valence-corrected chi connectivity index (χ0v) is 15.9. The summed E-state index contributed by atoms with van der Waals surface area (Å²) in [5.74, 6) is 0.234. The zero-order valence-electron chi connectivity index (χ0n) is 15.9. The molecule has 6 nitrogen and oxygen atoms in total. The highest BCUT2D eigenvalue weighted by atomic mass is 16.6. The van der Waals surface area contributed by atoms with Gasteiger partial charge in [0.1, 0.15) is 6.10 Å². The highest BCUT2D eigenvalue weighted by Crippen LogP contribution is 2.24. The fourth-order valence-electron chi connectivity index (χ4n) is 3.33. The van der Waals surface area contributed by atoms with Crippen molar-refractivity contribution in [1.29, 1.82) is 0 Å². The summed E-state index contributed by atoms with van der Waals surface area (Å²) in [7, 11) is 0. The van der Waals surface area contributed by atoms with Gasteiger partial charge in [0.15, 0.2) is 0 Å². The van der Waals surface area contributed by atoms with Crippen LogP contribution in [0.25, 0.3) is 0 Å². The average Bonchev–Trinajstić information content (AvgIpc) is 2.58. The lowest BCUT2D eigenvalue weighted by Crippen LogP contribution is -2.50. The van der Waals surface area contributed by atoms with E-state index < -0.39 is 6.10 Å². The van der Waals surface area contributed by atoms with Gasteiger partial charge in [0.25, 0.3) is 0 Å². The highest BCUT2D eigenvalue weighted by Gasteiger charge is 2.31. The van der Waals surface area contributed by atoms with Crippen molar-refractivity contribution in [3.05, 3.63) is 12.2 Å². The number of amides is 2. The number of nitrogens with one attached hydrogen (secondary N) is 1. The molecule has 0 aromatic rings. The summed E-state index contributed by atoms with van der Waals surface area (Å²) in [5, 5.41) is 2.99. The second-order valence-electron chi connectivity index (χ2n) is 7.37. The molecule has 0 aromatic carbocycles. The molecule has 2 amide bonds. The molecule has 0 radical (unpaired) electrons. The Morgan fingerprint density at radius 3 is 2.52 bits per heavy atom. The van der Waals surface area contributed by atoms with E-state index in [9.17, 15) is 9.59 Å². The van der Waals surface area contributed by atoms with Crippen LogP contribution in [0.1, 0.15) is 53.4 Å². The normalized spacial score (nSPS) is 31.6. The van der Waals surface area contributed by atoms with Crippen LogP contribution in [0.2, 0.25) is 0 Å². The molecule has 2 saturated heterocycles. The zero-order chi connectivity index (χ0) is 18.4. The Labute approximate surface area is 150 Å². The second-order valence-corrected chi connectivity index (χ2v) is 7.37. The Hall–Kier alpha value is -1.56. The largest absolute Gasteiger partial charge is 0.442 e. The van der Waals surface area contributed by atoms with E-state index in [-0.39, 0.29) is 30.3 Å². The van der Waals surface area contributed by atoms with E-state index in [1.54, 1.807) is 17.9 Å². The molecule has 0 aliphatic carbocycles. The molecule has 5 atom stereocenters. The monoisotopic (exact) mass is 352 g/mol. The lowest BCUT2D eigenvalue weighted by Gasteiger charge is -2.37. The number of rotatable bonds is 4. The lowest BCUT2D eigenvalue weighted by molar-refractivity contribution is -0.122. The van der Waals surface area contributed by atoms with Gasteiger partial charge < -0.3 is 19.7 Å². The number of hydrogen-bond acceptors (Lipinski definition) is 4. The molecule has 0 spiro atoms. The van der Waals surface area contributed by atoms with Crippen LogP contribution in [0, 0.1) is 5.92 Å². The summed E-state index contributed by atoms with van der Waals surface area (Å²) in [6, 6.07) is 0.00885. The standard InChI is InChI=1S/C19H32N2O4/c1-13-12-17(16(4)25-15(13)3)20-18(22)9-8-14(2)24-19(23)21-10-6-5-7-11-21/h8-9,13-17H,5-7,10-12H2,1-4H3,(H,20,22). The van der Waals surface area contributed by atoms with Crippen molar-refractivity contribution in [3.63, 3.8) is 0 Å². The van der Waals surface area contributed by atoms with Crippen LogP contribution in [0.4, 0.5) is 4.79 Å². The minimum Gasteiger partial charge on any atom is -0.442 e. The third-order valence-electron chi connectivity index (χ3n) is 5.17. The van der Waals surface area contributed by atoms with Gasteiger partial charge in [-0.2, -0.15) is 0 Å². The number of likely N-dealkylation sites (tertiary alicyclic amines) is 1.